The second-order valence-corrected chi connectivity index (χ2v) is 12.1. The SMILES string of the molecule is COc1ccc(CCN2C(=O)/C(=C/c3c(C)c(C#N)c(=O)n(C)c3N3CCN(Cc4ccccc4)CC3)SC2=S)cc1. The second kappa shape index (κ2) is 12.9. The van der Waals surface area contributed by atoms with E-state index in [1.54, 1.807) is 30.5 Å². The Morgan fingerprint density at radius 3 is 2.36 bits per heavy atom. The van der Waals surface area contributed by atoms with Gasteiger partial charge in [-0.05, 0) is 48.2 Å². The van der Waals surface area contributed by atoms with Crippen molar-refractivity contribution in [2.24, 2.45) is 7.05 Å². The number of pyridine rings is 1. The van der Waals surface area contributed by atoms with E-state index in [1.165, 1.54) is 17.3 Å². The van der Waals surface area contributed by atoms with Gasteiger partial charge in [-0.15, -0.1) is 0 Å². The molecule has 3 aromatic rings. The highest BCUT2D eigenvalue weighted by atomic mass is 32.2. The van der Waals surface area contributed by atoms with Crippen LogP contribution in [0.25, 0.3) is 6.08 Å². The topological polar surface area (TPSA) is 81.8 Å². The molecule has 2 aromatic carbocycles. The number of thiocarbonyl (C=S) groups is 1. The number of carbonyl (C=O) groups is 1. The van der Waals surface area contributed by atoms with Crippen LogP contribution in [0.1, 0.15) is 27.8 Å². The zero-order valence-electron chi connectivity index (χ0n) is 24.0. The fourth-order valence-electron chi connectivity index (χ4n) is 5.41. The summed E-state index contributed by atoms with van der Waals surface area (Å²) in [4.78, 5) is 33.4. The first-order chi connectivity index (χ1) is 20.3. The molecule has 0 saturated carbocycles. The van der Waals surface area contributed by atoms with Crippen LogP contribution in [-0.2, 0) is 24.8 Å². The number of anilines is 1. The first-order valence-electron chi connectivity index (χ1n) is 13.8. The molecule has 2 saturated heterocycles. The average molecular weight is 600 g/mol. The molecule has 3 heterocycles. The molecule has 1 aromatic heterocycles. The molecule has 8 nitrogen and oxygen atoms in total. The number of aromatic nitrogens is 1. The van der Waals surface area contributed by atoms with Crippen molar-refractivity contribution in [1.82, 2.24) is 14.4 Å². The molecule has 2 fully saturated rings. The summed E-state index contributed by atoms with van der Waals surface area (Å²) in [6, 6.07) is 20.2. The number of thioether (sulfide) groups is 1. The minimum atomic E-state index is -0.332. The Morgan fingerprint density at radius 1 is 1.02 bits per heavy atom. The smallest absolute Gasteiger partial charge is 0.270 e. The van der Waals surface area contributed by atoms with Crippen LogP contribution in [0.4, 0.5) is 5.82 Å². The molecule has 216 valence electrons. The molecule has 0 aliphatic carbocycles. The lowest BCUT2D eigenvalue weighted by atomic mass is 10.0. The van der Waals surface area contributed by atoms with Crippen LogP contribution in [0.3, 0.4) is 0 Å². The van der Waals surface area contributed by atoms with Gasteiger partial charge < -0.3 is 9.64 Å². The molecule has 10 heteroatoms. The van der Waals surface area contributed by atoms with Crippen molar-refractivity contribution in [3.8, 4) is 11.8 Å². The third-order valence-electron chi connectivity index (χ3n) is 7.82. The maximum atomic E-state index is 13.5. The standard InChI is InChI=1S/C32H33N5O3S2/c1-22-26(19-28-31(39)37(32(41)42-28)14-13-23-9-11-25(40-3)12-10-23)29(34(2)30(38)27(22)20-33)36-17-15-35(16-18-36)21-24-7-5-4-6-8-24/h4-12,19H,13-18,21H2,1-3H3/b28-19-. The number of hydrogen-bond acceptors (Lipinski definition) is 8. The number of nitrogens with zero attached hydrogens (tertiary/aromatic N) is 5. The molecule has 0 N–H and O–H groups in total. The van der Waals surface area contributed by atoms with E-state index in [9.17, 15) is 14.9 Å². The van der Waals surface area contributed by atoms with E-state index >= 15 is 0 Å². The monoisotopic (exact) mass is 599 g/mol. The molecule has 2 aliphatic rings. The summed E-state index contributed by atoms with van der Waals surface area (Å²) in [5, 5.41) is 9.82. The van der Waals surface area contributed by atoms with Crippen molar-refractivity contribution in [3.63, 3.8) is 0 Å². The highest BCUT2D eigenvalue weighted by Gasteiger charge is 2.33. The lowest BCUT2D eigenvalue weighted by Crippen LogP contribution is -2.48. The summed E-state index contributed by atoms with van der Waals surface area (Å²) < 4.78 is 7.28. The van der Waals surface area contributed by atoms with E-state index in [1.807, 2.05) is 36.4 Å². The number of carbonyl (C=O) groups excluding carboxylic acids is 1. The second-order valence-electron chi connectivity index (χ2n) is 10.4. The van der Waals surface area contributed by atoms with Crippen molar-refractivity contribution in [2.75, 3.05) is 44.7 Å². The number of hydrogen-bond donors (Lipinski definition) is 0. The Labute approximate surface area is 255 Å². The van der Waals surface area contributed by atoms with Gasteiger partial charge in [0.2, 0.25) is 0 Å². The van der Waals surface area contributed by atoms with Gasteiger partial charge in [-0.25, -0.2) is 0 Å². The normalized spacial score (nSPS) is 16.8. The number of ether oxygens (including phenoxy) is 1. The summed E-state index contributed by atoms with van der Waals surface area (Å²) in [7, 11) is 3.33. The van der Waals surface area contributed by atoms with Crippen LogP contribution < -0.4 is 15.2 Å². The van der Waals surface area contributed by atoms with Gasteiger partial charge in [0.15, 0.2) is 0 Å². The molecule has 5 rings (SSSR count). The molecule has 0 unspecified atom stereocenters. The zero-order chi connectivity index (χ0) is 29.8. The van der Waals surface area contributed by atoms with Gasteiger partial charge in [0.05, 0.1) is 12.0 Å². The number of rotatable bonds is 8. The van der Waals surface area contributed by atoms with Crippen molar-refractivity contribution in [2.45, 2.75) is 19.9 Å². The summed E-state index contributed by atoms with van der Waals surface area (Å²) in [6.45, 7) is 6.20. The van der Waals surface area contributed by atoms with E-state index in [2.05, 4.69) is 40.1 Å². The number of nitriles is 1. The lowest BCUT2D eigenvalue weighted by Gasteiger charge is -2.37. The van der Waals surface area contributed by atoms with E-state index < -0.39 is 0 Å². The molecular weight excluding hydrogens is 567 g/mol. The minimum Gasteiger partial charge on any atom is -0.497 e. The van der Waals surface area contributed by atoms with Gasteiger partial charge in [-0.3, -0.25) is 24.0 Å². The largest absolute Gasteiger partial charge is 0.497 e. The number of piperazine rings is 1. The summed E-state index contributed by atoms with van der Waals surface area (Å²) in [5.41, 5.74) is 3.38. The molecule has 0 bridgehead atoms. The highest BCUT2D eigenvalue weighted by molar-refractivity contribution is 8.26. The Hall–Kier alpha value is -3.91. The zero-order valence-corrected chi connectivity index (χ0v) is 25.6. The number of methoxy groups -OCH3 is 1. The van der Waals surface area contributed by atoms with Crippen LogP contribution in [0.2, 0.25) is 0 Å². The van der Waals surface area contributed by atoms with Crippen molar-refractivity contribution < 1.29 is 9.53 Å². The molecule has 0 spiro atoms. The molecular formula is C32H33N5O3S2. The molecule has 2 aliphatic heterocycles. The Morgan fingerprint density at radius 2 is 1.71 bits per heavy atom. The van der Waals surface area contributed by atoms with Crippen LogP contribution in [-0.4, -0.2) is 64.4 Å². The van der Waals surface area contributed by atoms with E-state index in [-0.39, 0.29) is 17.0 Å². The van der Waals surface area contributed by atoms with E-state index in [0.29, 0.717) is 33.3 Å². The van der Waals surface area contributed by atoms with Gasteiger partial charge in [0.25, 0.3) is 11.5 Å². The average Bonchev–Trinajstić information content (AvgIpc) is 3.27. The van der Waals surface area contributed by atoms with Crippen LogP contribution >= 0.6 is 24.0 Å². The first-order valence-corrected chi connectivity index (χ1v) is 15.1. The van der Waals surface area contributed by atoms with Crippen LogP contribution in [0.15, 0.2) is 64.3 Å². The van der Waals surface area contributed by atoms with Gasteiger partial charge in [-0.2, -0.15) is 5.26 Å². The Kier molecular flexibility index (Phi) is 9.12. The van der Waals surface area contributed by atoms with Gasteiger partial charge in [0.1, 0.15) is 27.5 Å². The van der Waals surface area contributed by atoms with Crippen LogP contribution in [0, 0.1) is 18.3 Å². The maximum Gasteiger partial charge on any atom is 0.270 e. The third-order valence-corrected chi connectivity index (χ3v) is 9.20. The number of benzene rings is 2. The van der Waals surface area contributed by atoms with Crippen LogP contribution in [0.5, 0.6) is 5.75 Å². The summed E-state index contributed by atoms with van der Waals surface area (Å²) in [5.74, 6) is 1.34. The highest BCUT2D eigenvalue weighted by Crippen LogP contribution is 2.36. The van der Waals surface area contributed by atoms with Gasteiger partial charge in [0, 0.05) is 51.9 Å². The summed E-state index contributed by atoms with van der Waals surface area (Å²) in [6.07, 6.45) is 2.47. The summed E-state index contributed by atoms with van der Waals surface area (Å²) >= 11 is 6.86. The van der Waals surface area contributed by atoms with Crippen molar-refractivity contribution in [1.29, 1.82) is 5.26 Å². The maximum absolute atomic E-state index is 13.5. The Bertz CT molecular complexity index is 1620. The molecule has 0 atom stereocenters. The Balaban J connectivity index is 1.39. The van der Waals surface area contributed by atoms with Crippen molar-refractivity contribution >= 4 is 46.1 Å². The lowest BCUT2D eigenvalue weighted by molar-refractivity contribution is -0.122. The molecule has 1 amide bonds. The quantitative estimate of drug-likeness (QED) is 0.280. The van der Waals surface area contributed by atoms with Crippen molar-refractivity contribution in [3.05, 3.63) is 97.7 Å². The first kappa shape index (κ1) is 29.6. The fourth-order valence-corrected chi connectivity index (χ4v) is 6.70. The third kappa shape index (κ3) is 6.14. The van der Waals surface area contributed by atoms with Gasteiger partial charge >= 0.3 is 0 Å². The predicted octanol–water partition coefficient (Wildman–Crippen LogP) is 4.34. The number of amides is 1. The van der Waals surface area contributed by atoms with Gasteiger partial charge in [-0.1, -0.05) is 66.4 Å². The predicted molar refractivity (Wildman–Crippen MR) is 172 cm³/mol. The molecule has 42 heavy (non-hydrogen) atoms. The molecule has 0 radical (unpaired) electrons. The fraction of sp³-hybridized carbons (Fsp3) is 0.312. The minimum absolute atomic E-state index is 0.0881. The van der Waals surface area contributed by atoms with E-state index in [0.717, 1.165) is 49.9 Å². The van der Waals surface area contributed by atoms with E-state index in [4.69, 9.17) is 17.0 Å².